The molecule has 0 aliphatic heterocycles. The van der Waals surface area contributed by atoms with Gasteiger partial charge in [0.2, 0.25) is 5.82 Å². The number of rotatable bonds is 6. The predicted molar refractivity (Wildman–Crippen MR) is 100.0 cm³/mol. The minimum Gasteiger partial charge on any atom is -0.338 e. The Hall–Kier alpha value is -3.10. The van der Waals surface area contributed by atoms with Gasteiger partial charge in [0.05, 0.1) is 0 Å². The highest BCUT2D eigenvalue weighted by Gasteiger charge is 2.37. The summed E-state index contributed by atoms with van der Waals surface area (Å²) in [5.74, 6) is -0.985. The number of benzene rings is 1. The summed E-state index contributed by atoms with van der Waals surface area (Å²) in [4.78, 5) is 19.6. The predicted octanol–water partition coefficient (Wildman–Crippen LogP) is 4.22. The van der Waals surface area contributed by atoms with Gasteiger partial charge >= 0.3 is 12.2 Å². The minimum absolute atomic E-state index is 0.0355. The topological polar surface area (TPSA) is 71.8 Å². The number of urea groups is 1. The highest BCUT2D eigenvalue weighted by Crippen LogP contribution is 2.30. The van der Waals surface area contributed by atoms with Gasteiger partial charge in [0.25, 0.3) is 0 Å². The first kappa shape index (κ1) is 19.7. The molecule has 148 valence electrons. The number of pyridine rings is 1. The summed E-state index contributed by atoms with van der Waals surface area (Å²) in [5.41, 5.74) is 2.18. The summed E-state index contributed by atoms with van der Waals surface area (Å²) in [5, 5.41) is 5.33. The highest BCUT2D eigenvalue weighted by molar-refractivity contribution is 5.89. The molecule has 0 saturated heterocycles. The van der Waals surface area contributed by atoms with Gasteiger partial charge in [-0.1, -0.05) is 19.1 Å². The maximum atomic E-state index is 13.2. The molecule has 0 aliphatic carbocycles. The van der Waals surface area contributed by atoms with E-state index in [1.165, 1.54) is 12.3 Å². The van der Waals surface area contributed by atoms with E-state index in [9.17, 15) is 18.0 Å². The van der Waals surface area contributed by atoms with Gasteiger partial charge in [0, 0.05) is 25.0 Å². The third-order valence-corrected chi connectivity index (χ3v) is 4.22. The summed E-state index contributed by atoms with van der Waals surface area (Å²) >= 11 is 0. The maximum absolute atomic E-state index is 13.2. The molecule has 0 atom stereocenters. The first-order valence-corrected chi connectivity index (χ1v) is 8.90. The second-order valence-corrected chi connectivity index (χ2v) is 6.22. The van der Waals surface area contributed by atoms with Gasteiger partial charge < -0.3 is 15.2 Å². The fourth-order valence-electron chi connectivity index (χ4n) is 2.82. The van der Waals surface area contributed by atoms with Gasteiger partial charge in [-0.3, -0.25) is 0 Å². The lowest BCUT2D eigenvalue weighted by Crippen LogP contribution is -2.30. The van der Waals surface area contributed by atoms with Gasteiger partial charge in [-0.15, -0.1) is 0 Å². The first-order valence-electron chi connectivity index (χ1n) is 8.90. The Morgan fingerprint density at radius 1 is 1.18 bits per heavy atom. The molecule has 0 aliphatic rings. The maximum Gasteiger partial charge on any atom is 0.449 e. The smallest absolute Gasteiger partial charge is 0.338 e. The van der Waals surface area contributed by atoms with E-state index in [4.69, 9.17) is 0 Å². The molecule has 2 amide bonds. The summed E-state index contributed by atoms with van der Waals surface area (Å²) in [6.45, 7) is 2.29. The lowest BCUT2D eigenvalue weighted by atomic mass is 10.1. The van der Waals surface area contributed by atoms with E-state index in [-0.39, 0.29) is 24.3 Å². The Morgan fingerprint density at radius 2 is 1.93 bits per heavy atom. The van der Waals surface area contributed by atoms with Crippen LogP contribution in [0.5, 0.6) is 0 Å². The van der Waals surface area contributed by atoms with Crippen molar-refractivity contribution in [2.45, 2.75) is 32.5 Å². The fraction of sp³-hybridized carbons (Fsp3) is 0.316. The second kappa shape index (κ2) is 8.28. The van der Waals surface area contributed by atoms with Crippen molar-refractivity contribution < 1.29 is 18.0 Å². The molecule has 3 rings (SSSR count). The number of imidazole rings is 1. The van der Waals surface area contributed by atoms with E-state index in [2.05, 4.69) is 20.6 Å². The normalized spacial score (nSPS) is 11.6. The number of fused-ring (bicyclic) bond motifs is 1. The van der Waals surface area contributed by atoms with Gasteiger partial charge in [0.1, 0.15) is 5.52 Å². The largest absolute Gasteiger partial charge is 0.449 e. The molecule has 9 heteroatoms. The third-order valence-electron chi connectivity index (χ3n) is 4.22. The monoisotopic (exact) mass is 391 g/mol. The molecule has 28 heavy (non-hydrogen) atoms. The number of hydrogen-bond acceptors (Lipinski definition) is 3. The molecule has 3 aromatic rings. The molecule has 0 fully saturated rings. The minimum atomic E-state index is -4.57. The number of alkyl halides is 3. The van der Waals surface area contributed by atoms with Crippen molar-refractivity contribution >= 4 is 22.9 Å². The van der Waals surface area contributed by atoms with Crippen molar-refractivity contribution in [3.05, 3.63) is 54.0 Å². The number of carbonyl (C=O) groups excluding carboxylic acids is 1. The van der Waals surface area contributed by atoms with Crippen LogP contribution in [-0.4, -0.2) is 27.1 Å². The molecule has 2 N–H and O–H groups in total. The van der Waals surface area contributed by atoms with Gasteiger partial charge in [-0.05, 0) is 42.7 Å². The number of amides is 2. The Morgan fingerprint density at radius 3 is 2.61 bits per heavy atom. The van der Waals surface area contributed by atoms with Crippen LogP contribution in [0.3, 0.4) is 0 Å². The molecule has 1 aromatic carbocycles. The van der Waals surface area contributed by atoms with E-state index in [0.29, 0.717) is 12.1 Å². The number of aryl methyl sites for hydroxylation is 2. The molecule has 2 aromatic heterocycles. The molecular formula is C19H20F3N5O. The Bertz CT molecular complexity index is 950. The van der Waals surface area contributed by atoms with E-state index in [0.717, 1.165) is 16.6 Å². The van der Waals surface area contributed by atoms with Gasteiger partial charge in [-0.25, -0.2) is 14.8 Å². The van der Waals surface area contributed by atoms with Crippen molar-refractivity contribution in [1.82, 2.24) is 19.9 Å². The molecule has 0 unspecified atom stereocenters. The van der Waals surface area contributed by atoms with Crippen LogP contribution in [0.4, 0.5) is 23.7 Å². The summed E-state index contributed by atoms with van der Waals surface area (Å²) in [7, 11) is 0. The van der Waals surface area contributed by atoms with E-state index in [1.54, 1.807) is 18.2 Å². The fourth-order valence-corrected chi connectivity index (χ4v) is 2.82. The van der Waals surface area contributed by atoms with E-state index >= 15 is 0 Å². The number of aromatic nitrogens is 3. The van der Waals surface area contributed by atoms with Crippen LogP contribution in [0.25, 0.3) is 11.2 Å². The van der Waals surface area contributed by atoms with Crippen LogP contribution in [0.2, 0.25) is 0 Å². The third kappa shape index (κ3) is 4.59. The Labute approximate surface area is 159 Å². The molecule has 0 radical (unpaired) electrons. The zero-order valence-corrected chi connectivity index (χ0v) is 15.3. The lowest BCUT2D eigenvalue weighted by Gasteiger charge is -2.12. The highest BCUT2D eigenvalue weighted by atomic mass is 19.4. The van der Waals surface area contributed by atoms with Crippen molar-refractivity contribution in [1.29, 1.82) is 0 Å². The molecule has 0 saturated carbocycles. The summed E-state index contributed by atoms with van der Waals surface area (Å²) in [6.07, 6.45) is -1.94. The van der Waals surface area contributed by atoms with E-state index in [1.807, 2.05) is 19.1 Å². The standard InChI is InChI=1S/C19H20F3N5O/c1-2-13-6-8-14(9-7-13)25-18(28)24-11-4-12-27-16-15(5-3-10-23-16)26-17(27)19(20,21)22/h3,5-10H,2,4,11-12H2,1H3,(H2,24,25,28). The first-order chi connectivity index (χ1) is 13.4. The van der Waals surface area contributed by atoms with Crippen LogP contribution in [0.15, 0.2) is 42.6 Å². The number of nitrogens with zero attached hydrogens (tertiary/aromatic N) is 3. The van der Waals surface area contributed by atoms with Crippen molar-refractivity contribution in [2.75, 3.05) is 11.9 Å². The van der Waals surface area contributed by atoms with Crippen LogP contribution in [-0.2, 0) is 19.1 Å². The number of halogens is 3. The Kier molecular flexibility index (Phi) is 5.81. The van der Waals surface area contributed by atoms with Gasteiger partial charge in [0.15, 0.2) is 5.65 Å². The SMILES string of the molecule is CCc1ccc(NC(=O)NCCCn2c(C(F)(F)F)nc3cccnc32)cc1. The zero-order chi connectivity index (χ0) is 20.1. The molecule has 0 spiro atoms. The summed E-state index contributed by atoms with van der Waals surface area (Å²) in [6, 6.07) is 10.1. The average Bonchev–Trinajstić information content (AvgIpc) is 3.05. The zero-order valence-electron chi connectivity index (χ0n) is 15.3. The van der Waals surface area contributed by atoms with Gasteiger partial charge in [-0.2, -0.15) is 13.2 Å². The average molecular weight is 391 g/mol. The van der Waals surface area contributed by atoms with Crippen LogP contribution in [0.1, 0.15) is 24.7 Å². The van der Waals surface area contributed by atoms with Crippen LogP contribution >= 0.6 is 0 Å². The molecule has 2 heterocycles. The number of hydrogen-bond donors (Lipinski definition) is 2. The summed E-state index contributed by atoms with van der Waals surface area (Å²) < 4.78 is 40.7. The molecule has 0 bridgehead atoms. The van der Waals surface area contributed by atoms with Crippen molar-refractivity contribution in [3.63, 3.8) is 0 Å². The second-order valence-electron chi connectivity index (χ2n) is 6.22. The lowest BCUT2D eigenvalue weighted by molar-refractivity contribution is -0.147. The van der Waals surface area contributed by atoms with Crippen LogP contribution in [0, 0.1) is 0 Å². The van der Waals surface area contributed by atoms with Crippen molar-refractivity contribution in [2.24, 2.45) is 0 Å². The number of carbonyl (C=O) groups is 1. The quantitative estimate of drug-likeness (QED) is 0.618. The number of anilines is 1. The Balaban J connectivity index is 1.57. The van der Waals surface area contributed by atoms with Crippen LogP contribution < -0.4 is 10.6 Å². The van der Waals surface area contributed by atoms with Crippen molar-refractivity contribution in [3.8, 4) is 0 Å². The molecule has 6 nitrogen and oxygen atoms in total. The molecular weight excluding hydrogens is 371 g/mol. The van der Waals surface area contributed by atoms with E-state index < -0.39 is 18.0 Å². The number of nitrogens with one attached hydrogen (secondary N) is 2.